The highest BCUT2D eigenvalue weighted by molar-refractivity contribution is 4.83. The maximum atomic E-state index is 6.02. The first kappa shape index (κ1) is 15.0. The maximum absolute atomic E-state index is 6.02. The van der Waals surface area contributed by atoms with E-state index in [1.807, 2.05) is 0 Å². The van der Waals surface area contributed by atoms with Gasteiger partial charge in [0.2, 0.25) is 0 Å². The molecule has 1 rings (SSSR count). The van der Waals surface area contributed by atoms with E-state index in [1.165, 1.54) is 19.3 Å². The molecular formula is C15H31NO. The summed E-state index contributed by atoms with van der Waals surface area (Å²) in [5.41, 5.74) is 0.655. The average Bonchev–Trinajstić information content (AvgIpc) is 2.07. The molecule has 2 atom stereocenters. The highest BCUT2D eigenvalue weighted by Gasteiger charge is 2.32. The van der Waals surface area contributed by atoms with Crippen LogP contribution in [0.3, 0.4) is 0 Å². The lowest BCUT2D eigenvalue weighted by Crippen LogP contribution is -2.39. The molecule has 0 aromatic carbocycles. The highest BCUT2D eigenvalue weighted by atomic mass is 16.5. The van der Waals surface area contributed by atoms with Crippen molar-refractivity contribution >= 4 is 0 Å². The third kappa shape index (κ3) is 6.42. The minimum absolute atomic E-state index is 0.197. The number of ether oxygens (including phenoxy) is 1. The first-order chi connectivity index (χ1) is 7.68. The molecule has 2 heteroatoms. The minimum atomic E-state index is 0.197. The Balaban J connectivity index is 2.23. The van der Waals surface area contributed by atoms with Crippen LogP contribution in [0.1, 0.15) is 60.8 Å². The minimum Gasteiger partial charge on any atom is -0.377 e. The van der Waals surface area contributed by atoms with Crippen molar-refractivity contribution in [1.82, 2.24) is 5.32 Å². The van der Waals surface area contributed by atoms with E-state index in [-0.39, 0.29) is 5.54 Å². The Morgan fingerprint density at radius 1 is 1.24 bits per heavy atom. The fraction of sp³-hybridized carbons (Fsp3) is 1.00. The normalized spacial score (nSPS) is 29.3. The van der Waals surface area contributed by atoms with Crippen molar-refractivity contribution in [2.75, 3.05) is 13.2 Å². The molecular weight excluding hydrogens is 210 g/mol. The van der Waals surface area contributed by atoms with Crippen molar-refractivity contribution in [3.05, 3.63) is 0 Å². The molecule has 0 heterocycles. The van der Waals surface area contributed by atoms with E-state index < -0.39 is 0 Å². The summed E-state index contributed by atoms with van der Waals surface area (Å²) >= 11 is 0. The van der Waals surface area contributed by atoms with E-state index >= 15 is 0 Å². The number of nitrogens with one attached hydrogen (secondary N) is 1. The fourth-order valence-corrected chi connectivity index (χ4v) is 3.04. The van der Waals surface area contributed by atoms with Crippen molar-refractivity contribution < 1.29 is 4.74 Å². The molecule has 2 nitrogen and oxygen atoms in total. The molecule has 0 radical (unpaired) electrons. The quantitative estimate of drug-likeness (QED) is 0.759. The Morgan fingerprint density at radius 3 is 2.41 bits per heavy atom. The molecule has 0 saturated heterocycles. The highest BCUT2D eigenvalue weighted by Crippen LogP contribution is 2.39. The SMILES string of the molecule is CC1CC(OCCNC(C)(C)C)CC(C)(C)C1. The lowest BCUT2D eigenvalue weighted by Gasteiger charge is -2.38. The molecule has 1 fully saturated rings. The lowest BCUT2D eigenvalue weighted by molar-refractivity contribution is -0.0224. The standard InChI is InChI=1S/C15H31NO/c1-12-9-13(11-15(5,6)10-12)17-8-7-16-14(2,3)4/h12-13,16H,7-11H2,1-6H3. The van der Waals surface area contributed by atoms with Crippen LogP contribution in [0.25, 0.3) is 0 Å². The Labute approximate surface area is 108 Å². The van der Waals surface area contributed by atoms with E-state index in [2.05, 4.69) is 46.9 Å². The number of hydrogen-bond acceptors (Lipinski definition) is 2. The predicted molar refractivity (Wildman–Crippen MR) is 74.3 cm³/mol. The largest absolute Gasteiger partial charge is 0.377 e. The van der Waals surface area contributed by atoms with Crippen molar-refractivity contribution in [3.8, 4) is 0 Å². The molecule has 1 aliphatic carbocycles. The third-order valence-electron chi connectivity index (χ3n) is 3.46. The molecule has 0 aromatic heterocycles. The van der Waals surface area contributed by atoms with Gasteiger partial charge in [-0.3, -0.25) is 0 Å². The van der Waals surface area contributed by atoms with Gasteiger partial charge in [-0.25, -0.2) is 0 Å². The van der Waals surface area contributed by atoms with Gasteiger partial charge in [0.25, 0.3) is 0 Å². The van der Waals surface area contributed by atoms with Gasteiger partial charge in [0.05, 0.1) is 12.7 Å². The summed E-state index contributed by atoms with van der Waals surface area (Å²) in [6, 6.07) is 0. The third-order valence-corrected chi connectivity index (χ3v) is 3.46. The van der Waals surface area contributed by atoms with Crippen LogP contribution in [0, 0.1) is 11.3 Å². The fourth-order valence-electron chi connectivity index (χ4n) is 3.04. The van der Waals surface area contributed by atoms with E-state index in [0.717, 1.165) is 19.1 Å². The van der Waals surface area contributed by atoms with Crippen LogP contribution in [-0.2, 0) is 4.74 Å². The molecule has 2 unspecified atom stereocenters. The Morgan fingerprint density at radius 2 is 1.88 bits per heavy atom. The topological polar surface area (TPSA) is 21.3 Å². The molecule has 17 heavy (non-hydrogen) atoms. The molecule has 1 saturated carbocycles. The average molecular weight is 241 g/mol. The van der Waals surface area contributed by atoms with Gasteiger partial charge in [-0.1, -0.05) is 20.8 Å². The van der Waals surface area contributed by atoms with Crippen molar-refractivity contribution in [2.45, 2.75) is 72.4 Å². The van der Waals surface area contributed by atoms with Gasteiger partial charge >= 0.3 is 0 Å². The number of hydrogen-bond donors (Lipinski definition) is 1. The molecule has 0 bridgehead atoms. The van der Waals surface area contributed by atoms with Crippen molar-refractivity contribution in [2.24, 2.45) is 11.3 Å². The molecule has 0 spiro atoms. The second-order valence-electron chi connectivity index (χ2n) is 7.58. The van der Waals surface area contributed by atoms with Crippen molar-refractivity contribution in [1.29, 1.82) is 0 Å². The van der Waals surface area contributed by atoms with Gasteiger partial charge in [0.15, 0.2) is 0 Å². The van der Waals surface area contributed by atoms with Gasteiger partial charge in [-0.15, -0.1) is 0 Å². The van der Waals surface area contributed by atoms with Crippen molar-refractivity contribution in [3.63, 3.8) is 0 Å². The van der Waals surface area contributed by atoms with Gasteiger partial charge in [0.1, 0.15) is 0 Å². The zero-order chi connectivity index (χ0) is 13.1. The summed E-state index contributed by atoms with van der Waals surface area (Å²) in [4.78, 5) is 0. The molecule has 1 N–H and O–H groups in total. The zero-order valence-corrected chi connectivity index (χ0v) is 12.6. The van der Waals surface area contributed by atoms with Gasteiger partial charge in [-0.2, -0.15) is 0 Å². The summed E-state index contributed by atoms with van der Waals surface area (Å²) in [5, 5.41) is 3.47. The first-order valence-corrected chi connectivity index (χ1v) is 7.05. The Kier molecular flexibility index (Phi) is 5.03. The molecule has 1 aliphatic rings. The van der Waals surface area contributed by atoms with Crippen LogP contribution in [-0.4, -0.2) is 24.8 Å². The second-order valence-corrected chi connectivity index (χ2v) is 7.58. The lowest BCUT2D eigenvalue weighted by atomic mass is 9.71. The van der Waals surface area contributed by atoms with Crippen LogP contribution in [0.4, 0.5) is 0 Å². The summed E-state index contributed by atoms with van der Waals surface area (Å²) in [7, 11) is 0. The van der Waals surface area contributed by atoms with Crippen LogP contribution in [0.5, 0.6) is 0 Å². The molecule has 0 aromatic rings. The van der Waals surface area contributed by atoms with Gasteiger partial charge < -0.3 is 10.1 Å². The summed E-state index contributed by atoms with van der Waals surface area (Å²) in [6.45, 7) is 15.5. The van der Waals surface area contributed by atoms with E-state index in [0.29, 0.717) is 11.5 Å². The summed E-state index contributed by atoms with van der Waals surface area (Å²) in [6.07, 6.45) is 4.26. The molecule has 102 valence electrons. The second kappa shape index (κ2) is 5.71. The Bertz CT molecular complexity index is 230. The summed E-state index contributed by atoms with van der Waals surface area (Å²) < 4.78 is 6.02. The van der Waals surface area contributed by atoms with Crippen LogP contribution in [0.2, 0.25) is 0 Å². The zero-order valence-electron chi connectivity index (χ0n) is 12.6. The summed E-state index contributed by atoms with van der Waals surface area (Å²) in [5.74, 6) is 0.805. The van der Waals surface area contributed by atoms with E-state index in [1.54, 1.807) is 0 Å². The maximum Gasteiger partial charge on any atom is 0.0594 e. The first-order valence-electron chi connectivity index (χ1n) is 7.05. The van der Waals surface area contributed by atoms with Crippen LogP contribution >= 0.6 is 0 Å². The van der Waals surface area contributed by atoms with E-state index in [4.69, 9.17) is 4.74 Å². The molecule has 0 aliphatic heterocycles. The predicted octanol–water partition coefficient (Wildman–Crippen LogP) is 3.61. The Hall–Kier alpha value is -0.0800. The van der Waals surface area contributed by atoms with Gasteiger partial charge in [0, 0.05) is 12.1 Å². The van der Waals surface area contributed by atoms with E-state index in [9.17, 15) is 0 Å². The smallest absolute Gasteiger partial charge is 0.0594 e. The monoisotopic (exact) mass is 241 g/mol. The van der Waals surface area contributed by atoms with Crippen LogP contribution < -0.4 is 5.32 Å². The van der Waals surface area contributed by atoms with Crippen LogP contribution in [0.15, 0.2) is 0 Å². The number of rotatable bonds is 4. The van der Waals surface area contributed by atoms with Gasteiger partial charge in [-0.05, 0) is 51.4 Å². The molecule has 0 amide bonds.